The van der Waals surface area contributed by atoms with Gasteiger partial charge in [-0.05, 0) is 12.8 Å². The minimum atomic E-state index is -4.57. The van der Waals surface area contributed by atoms with Crippen molar-refractivity contribution in [2.45, 2.75) is 37.7 Å². The summed E-state index contributed by atoms with van der Waals surface area (Å²) >= 11 is 0. The van der Waals surface area contributed by atoms with Gasteiger partial charge in [0.2, 0.25) is 0 Å². The fraction of sp³-hybridized carbons (Fsp3) is 0.700. The summed E-state index contributed by atoms with van der Waals surface area (Å²) in [5.41, 5.74) is 0.849. The van der Waals surface area contributed by atoms with Crippen molar-refractivity contribution in [1.82, 2.24) is 14.9 Å². The van der Waals surface area contributed by atoms with Crippen molar-refractivity contribution in [3.05, 3.63) is 18.2 Å². The Morgan fingerprint density at radius 3 is 2.82 bits per heavy atom. The van der Waals surface area contributed by atoms with E-state index in [9.17, 15) is 13.2 Å². The number of hydrogen-bond donors (Lipinski definition) is 2. The van der Waals surface area contributed by atoms with Crippen molar-refractivity contribution in [2.75, 3.05) is 6.54 Å². The Hall–Kier alpha value is -1.08. The Morgan fingerprint density at radius 2 is 2.24 bits per heavy atom. The second-order valence-electron chi connectivity index (χ2n) is 4.21. The first kappa shape index (κ1) is 12.4. The molecule has 2 rings (SSSR count). The molecule has 1 saturated carbocycles. The van der Waals surface area contributed by atoms with Crippen LogP contribution in [0.15, 0.2) is 12.5 Å². The average Bonchev–Trinajstić information content (AvgIpc) is 2.98. The second-order valence-corrected chi connectivity index (χ2v) is 4.21. The minimum Gasteiger partial charge on any atom is -0.382 e. The largest absolute Gasteiger partial charge is 0.415 e. The van der Waals surface area contributed by atoms with Gasteiger partial charge < -0.3 is 15.0 Å². The van der Waals surface area contributed by atoms with Crippen LogP contribution in [0.5, 0.6) is 0 Å². The van der Waals surface area contributed by atoms with Crippen molar-refractivity contribution in [1.29, 1.82) is 0 Å². The molecule has 96 valence electrons. The van der Waals surface area contributed by atoms with E-state index in [1.165, 1.54) is 0 Å². The van der Waals surface area contributed by atoms with Crippen molar-refractivity contribution in [3.8, 4) is 0 Å². The Labute approximate surface area is 96.5 Å². The molecule has 0 aromatic carbocycles. The molecule has 0 amide bonds. The number of imidazole rings is 1. The minimum absolute atomic E-state index is 0.281. The van der Waals surface area contributed by atoms with Gasteiger partial charge in [-0.15, -0.1) is 0 Å². The molecule has 2 N–H and O–H groups in total. The third-order valence-corrected chi connectivity index (χ3v) is 2.71. The summed E-state index contributed by atoms with van der Waals surface area (Å²) in [6.07, 6.45) is -1.38. The zero-order valence-electron chi connectivity index (χ0n) is 9.11. The van der Waals surface area contributed by atoms with E-state index in [0.717, 1.165) is 18.5 Å². The zero-order chi connectivity index (χ0) is 12.5. The number of rotatable bonds is 5. The van der Waals surface area contributed by atoms with Gasteiger partial charge in [-0.2, -0.15) is 13.2 Å². The molecule has 7 heteroatoms. The molecule has 0 radical (unpaired) electrons. The summed E-state index contributed by atoms with van der Waals surface area (Å²) in [6.45, 7) is -0.219. The highest BCUT2D eigenvalue weighted by molar-refractivity contribution is 5.03. The maximum atomic E-state index is 12.0. The molecular formula is C10H14F3N3O. The third-order valence-electron chi connectivity index (χ3n) is 2.71. The standard InChI is InChI=1S/C10H14F3N3O/c11-10(12,13)9(17)5-14-3-8-4-15-6-16(8)7-1-2-7/h4,6-7,9,14,17H,1-3,5H2. The van der Waals surface area contributed by atoms with E-state index in [4.69, 9.17) is 5.11 Å². The lowest BCUT2D eigenvalue weighted by Gasteiger charge is -2.15. The lowest BCUT2D eigenvalue weighted by atomic mass is 10.3. The lowest BCUT2D eigenvalue weighted by Crippen LogP contribution is -2.38. The van der Waals surface area contributed by atoms with Crippen molar-refractivity contribution < 1.29 is 18.3 Å². The molecule has 1 aliphatic carbocycles. The molecule has 1 heterocycles. The molecule has 1 aromatic rings. The van der Waals surface area contributed by atoms with Crippen molar-refractivity contribution >= 4 is 0 Å². The van der Waals surface area contributed by atoms with Gasteiger partial charge in [-0.25, -0.2) is 4.98 Å². The van der Waals surface area contributed by atoms with Crippen LogP contribution < -0.4 is 5.32 Å². The van der Waals surface area contributed by atoms with Crippen LogP contribution in [0.4, 0.5) is 13.2 Å². The maximum absolute atomic E-state index is 12.0. The number of hydrogen-bond acceptors (Lipinski definition) is 3. The topological polar surface area (TPSA) is 50.1 Å². The van der Waals surface area contributed by atoms with Gasteiger partial charge in [-0.3, -0.25) is 0 Å². The molecule has 4 nitrogen and oxygen atoms in total. The van der Waals surface area contributed by atoms with Gasteiger partial charge >= 0.3 is 6.18 Å². The number of nitrogens with one attached hydrogen (secondary N) is 1. The number of alkyl halides is 3. The van der Waals surface area contributed by atoms with Crippen LogP contribution in [0.3, 0.4) is 0 Å². The number of nitrogens with zero attached hydrogens (tertiary/aromatic N) is 2. The normalized spacial score (nSPS) is 18.4. The van der Waals surface area contributed by atoms with Crippen LogP contribution in [-0.4, -0.2) is 33.5 Å². The van der Waals surface area contributed by atoms with Crippen LogP contribution >= 0.6 is 0 Å². The van der Waals surface area contributed by atoms with E-state index < -0.39 is 18.8 Å². The fourth-order valence-electron chi connectivity index (χ4n) is 1.60. The number of aliphatic hydroxyl groups excluding tert-OH is 1. The van der Waals surface area contributed by atoms with E-state index in [2.05, 4.69) is 10.3 Å². The van der Waals surface area contributed by atoms with E-state index in [1.807, 2.05) is 4.57 Å². The highest BCUT2D eigenvalue weighted by Gasteiger charge is 2.37. The van der Waals surface area contributed by atoms with Crippen LogP contribution in [0, 0.1) is 0 Å². The summed E-state index contributed by atoms with van der Waals surface area (Å²) < 4.78 is 38.0. The summed E-state index contributed by atoms with van der Waals surface area (Å²) in [5.74, 6) is 0. The molecule has 0 aliphatic heterocycles. The monoisotopic (exact) mass is 249 g/mol. The van der Waals surface area contributed by atoms with Crippen molar-refractivity contribution in [3.63, 3.8) is 0 Å². The van der Waals surface area contributed by atoms with Gasteiger partial charge in [0.1, 0.15) is 0 Å². The fourth-order valence-corrected chi connectivity index (χ4v) is 1.60. The van der Waals surface area contributed by atoms with E-state index >= 15 is 0 Å². The third kappa shape index (κ3) is 3.19. The van der Waals surface area contributed by atoms with Crippen LogP contribution in [0.25, 0.3) is 0 Å². The SMILES string of the molecule is OC(CNCc1cncn1C1CC1)C(F)(F)F. The van der Waals surface area contributed by atoms with Gasteiger partial charge in [0, 0.05) is 25.3 Å². The Balaban J connectivity index is 1.80. The Bertz CT molecular complexity index is 373. The first-order chi connectivity index (χ1) is 7.98. The highest BCUT2D eigenvalue weighted by Crippen LogP contribution is 2.35. The van der Waals surface area contributed by atoms with Crippen LogP contribution in [-0.2, 0) is 6.54 Å². The van der Waals surface area contributed by atoms with Gasteiger partial charge in [0.15, 0.2) is 6.10 Å². The van der Waals surface area contributed by atoms with E-state index in [1.54, 1.807) is 12.5 Å². The Kier molecular flexibility index (Phi) is 3.39. The molecule has 1 aliphatic rings. The molecule has 1 atom stereocenters. The molecule has 1 unspecified atom stereocenters. The number of halogens is 3. The number of aliphatic hydroxyl groups is 1. The van der Waals surface area contributed by atoms with Gasteiger partial charge in [0.25, 0.3) is 0 Å². The molecular weight excluding hydrogens is 235 g/mol. The highest BCUT2D eigenvalue weighted by atomic mass is 19.4. The number of aromatic nitrogens is 2. The summed E-state index contributed by atoms with van der Waals surface area (Å²) in [4.78, 5) is 3.97. The predicted molar refractivity (Wildman–Crippen MR) is 54.3 cm³/mol. The van der Waals surface area contributed by atoms with Gasteiger partial charge in [0.05, 0.1) is 12.0 Å². The maximum Gasteiger partial charge on any atom is 0.415 e. The first-order valence-electron chi connectivity index (χ1n) is 5.44. The smallest absolute Gasteiger partial charge is 0.382 e. The van der Waals surface area contributed by atoms with E-state index in [-0.39, 0.29) is 6.54 Å². The quantitative estimate of drug-likeness (QED) is 0.825. The first-order valence-corrected chi connectivity index (χ1v) is 5.44. The molecule has 1 aromatic heterocycles. The zero-order valence-corrected chi connectivity index (χ0v) is 9.11. The average molecular weight is 249 g/mol. The predicted octanol–water partition coefficient (Wildman–Crippen LogP) is 1.23. The molecule has 0 spiro atoms. The van der Waals surface area contributed by atoms with Crippen molar-refractivity contribution in [2.24, 2.45) is 0 Å². The second kappa shape index (κ2) is 4.66. The summed E-state index contributed by atoms with van der Waals surface area (Å²) in [5, 5.41) is 11.4. The van der Waals surface area contributed by atoms with Crippen LogP contribution in [0.2, 0.25) is 0 Å². The summed E-state index contributed by atoms with van der Waals surface area (Å²) in [6, 6.07) is 0.446. The Morgan fingerprint density at radius 1 is 1.53 bits per heavy atom. The molecule has 1 fully saturated rings. The summed E-state index contributed by atoms with van der Waals surface area (Å²) in [7, 11) is 0. The molecule has 17 heavy (non-hydrogen) atoms. The molecule has 0 saturated heterocycles. The lowest BCUT2D eigenvalue weighted by molar-refractivity contribution is -0.201. The van der Waals surface area contributed by atoms with Crippen LogP contribution in [0.1, 0.15) is 24.6 Å². The van der Waals surface area contributed by atoms with Gasteiger partial charge in [-0.1, -0.05) is 0 Å². The molecule has 0 bridgehead atoms. The van der Waals surface area contributed by atoms with E-state index in [0.29, 0.717) is 6.04 Å².